The third-order valence-corrected chi connectivity index (χ3v) is 3.11. The van der Waals surface area contributed by atoms with Crippen molar-refractivity contribution in [2.24, 2.45) is 0 Å². The Kier molecular flexibility index (Phi) is 4.53. The number of aliphatic hydroxyl groups excluding tert-OH is 1. The fourth-order valence-electron chi connectivity index (χ4n) is 2.15. The van der Waals surface area contributed by atoms with E-state index in [9.17, 15) is 9.90 Å². The van der Waals surface area contributed by atoms with E-state index < -0.39 is 6.10 Å². The van der Waals surface area contributed by atoms with Gasteiger partial charge in [0.15, 0.2) is 0 Å². The van der Waals surface area contributed by atoms with E-state index in [2.05, 4.69) is 6.07 Å². The molecule has 0 radical (unpaired) electrons. The Bertz CT molecular complexity index is 437. The van der Waals surface area contributed by atoms with Gasteiger partial charge in [-0.3, -0.25) is 0 Å². The van der Waals surface area contributed by atoms with Gasteiger partial charge in [-0.1, -0.05) is 30.3 Å². The van der Waals surface area contributed by atoms with Crippen LogP contribution >= 0.6 is 0 Å². The zero-order chi connectivity index (χ0) is 12.8. The van der Waals surface area contributed by atoms with Gasteiger partial charge in [-0.15, -0.1) is 0 Å². The zero-order valence-electron chi connectivity index (χ0n) is 10.3. The molecule has 96 valence electrons. The molecular weight excluding hydrogens is 228 g/mol. The molecule has 18 heavy (non-hydrogen) atoms. The van der Waals surface area contributed by atoms with Crippen LogP contribution in [0.25, 0.3) is 0 Å². The second-order valence-corrected chi connectivity index (χ2v) is 4.48. The van der Waals surface area contributed by atoms with Crippen LogP contribution in [-0.2, 0) is 16.0 Å². The van der Waals surface area contributed by atoms with Crippen LogP contribution in [0.4, 0.5) is 0 Å². The molecule has 0 saturated heterocycles. The number of aliphatic hydroxyl groups is 1. The monoisotopic (exact) mass is 246 g/mol. The van der Waals surface area contributed by atoms with Gasteiger partial charge in [0.05, 0.1) is 12.7 Å². The number of cyclic esters (lactones) is 1. The third-order valence-electron chi connectivity index (χ3n) is 3.11. The minimum absolute atomic E-state index is 0.323. The quantitative estimate of drug-likeness (QED) is 0.716. The molecule has 1 heterocycles. The van der Waals surface area contributed by atoms with E-state index >= 15 is 0 Å². The van der Waals surface area contributed by atoms with E-state index in [1.165, 1.54) is 11.6 Å². The van der Waals surface area contributed by atoms with Gasteiger partial charge < -0.3 is 9.84 Å². The fourth-order valence-corrected chi connectivity index (χ4v) is 2.15. The van der Waals surface area contributed by atoms with E-state index in [4.69, 9.17) is 4.74 Å². The fraction of sp³-hybridized carbons (Fsp3) is 0.400. The summed E-state index contributed by atoms with van der Waals surface area (Å²) < 4.78 is 5.03. The number of hydrogen-bond donors (Lipinski definition) is 1. The average molecular weight is 246 g/mol. The number of ether oxygens (including phenoxy) is 1. The van der Waals surface area contributed by atoms with Crippen molar-refractivity contribution in [1.29, 1.82) is 0 Å². The summed E-state index contributed by atoms with van der Waals surface area (Å²) in [5.41, 5.74) is 2.15. The van der Waals surface area contributed by atoms with Gasteiger partial charge in [0, 0.05) is 6.08 Å². The highest BCUT2D eigenvalue weighted by molar-refractivity contribution is 5.81. The lowest BCUT2D eigenvalue weighted by Crippen LogP contribution is -2.06. The number of hydrogen-bond acceptors (Lipinski definition) is 3. The first-order valence-electron chi connectivity index (χ1n) is 6.36. The van der Waals surface area contributed by atoms with Gasteiger partial charge in [-0.2, -0.15) is 0 Å². The number of aryl methyl sites for hydroxylation is 1. The summed E-state index contributed by atoms with van der Waals surface area (Å²) in [5, 5.41) is 10.1. The van der Waals surface area contributed by atoms with Crippen LogP contribution in [0.5, 0.6) is 0 Å². The normalized spacial score (nSPS) is 23.2. The summed E-state index contributed by atoms with van der Waals surface area (Å²) in [6.45, 7) is 0.466. The maximum atomic E-state index is 11.3. The first kappa shape index (κ1) is 12.8. The van der Waals surface area contributed by atoms with Crippen molar-refractivity contribution in [2.45, 2.75) is 31.8 Å². The largest absolute Gasteiger partial charge is 0.463 e. The summed E-state index contributed by atoms with van der Waals surface area (Å²) in [7, 11) is 0. The summed E-state index contributed by atoms with van der Waals surface area (Å²) >= 11 is 0. The van der Waals surface area contributed by atoms with Crippen LogP contribution in [0.15, 0.2) is 36.4 Å². The van der Waals surface area contributed by atoms with Crippen LogP contribution in [-0.4, -0.2) is 17.7 Å². The SMILES string of the molecule is O=C1/C=C/C[C@H](O)c2ccccc2CCCCO1. The third kappa shape index (κ3) is 3.44. The molecule has 0 aliphatic carbocycles. The van der Waals surface area contributed by atoms with E-state index in [0.29, 0.717) is 13.0 Å². The van der Waals surface area contributed by atoms with Crippen molar-refractivity contribution in [1.82, 2.24) is 0 Å². The first-order chi connectivity index (χ1) is 8.77. The maximum absolute atomic E-state index is 11.3. The predicted octanol–water partition coefficient (Wildman–Crippen LogP) is 2.55. The maximum Gasteiger partial charge on any atom is 0.330 e. The highest BCUT2D eigenvalue weighted by Crippen LogP contribution is 2.23. The molecule has 1 aliphatic heterocycles. The van der Waals surface area contributed by atoms with Gasteiger partial charge >= 0.3 is 5.97 Å². The molecule has 0 amide bonds. The molecule has 0 fully saturated rings. The number of carbonyl (C=O) groups is 1. The Morgan fingerprint density at radius 1 is 1.22 bits per heavy atom. The Hall–Kier alpha value is -1.61. The van der Waals surface area contributed by atoms with Crippen molar-refractivity contribution >= 4 is 5.97 Å². The Morgan fingerprint density at radius 3 is 2.94 bits per heavy atom. The van der Waals surface area contributed by atoms with Crippen molar-refractivity contribution in [3.05, 3.63) is 47.5 Å². The van der Waals surface area contributed by atoms with Gasteiger partial charge in [0.2, 0.25) is 0 Å². The summed E-state index contributed by atoms with van der Waals surface area (Å²) in [5.74, 6) is -0.323. The molecule has 0 unspecified atom stereocenters. The smallest absolute Gasteiger partial charge is 0.330 e. The Labute approximate surface area is 107 Å². The van der Waals surface area contributed by atoms with Gasteiger partial charge in [0.1, 0.15) is 0 Å². The molecule has 2 rings (SSSR count). The molecule has 0 saturated carbocycles. The molecule has 0 spiro atoms. The Balaban J connectivity index is 2.18. The summed E-state index contributed by atoms with van der Waals surface area (Å²) in [4.78, 5) is 11.3. The number of benzene rings is 1. The van der Waals surface area contributed by atoms with Crippen molar-refractivity contribution in [2.75, 3.05) is 6.61 Å². The van der Waals surface area contributed by atoms with Gasteiger partial charge in [-0.05, 0) is 36.8 Å². The molecule has 0 aromatic heterocycles. The Morgan fingerprint density at radius 2 is 2.06 bits per heavy atom. The van der Waals surface area contributed by atoms with Crippen LogP contribution in [0.3, 0.4) is 0 Å². The van der Waals surface area contributed by atoms with Crippen LogP contribution in [0, 0.1) is 0 Å². The lowest BCUT2D eigenvalue weighted by Gasteiger charge is -2.15. The van der Waals surface area contributed by atoms with Crippen molar-refractivity contribution < 1.29 is 14.6 Å². The predicted molar refractivity (Wildman–Crippen MR) is 69.1 cm³/mol. The summed E-state index contributed by atoms with van der Waals surface area (Å²) in [6, 6.07) is 7.94. The highest BCUT2D eigenvalue weighted by atomic mass is 16.5. The molecule has 1 N–H and O–H groups in total. The van der Waals surface area contributed by atoms with Crippen LogP contribution in [0.1, 0.15) is 36.5 Å². The van der Waals surface area contributed by atoms with E-state index in [-0.39, 0.29) is 5.97 Å². The zero-order valence-corrected chi connectivity index (χ0v) is 10.3. The first-order valence-corrected chi connectivity index (χ1v) is 6.36. The lowest BCUT2D eigenvalue weighted by molar-refractivity contribution is -0.137. The molecule has 1 atom stereocenters. The second-order valence-electron chi connectivity index (χ2n) is 4.48. The summed E-state index contributed by atoms with van der Waals surface area (Å²) in [6.07, 6.45) is 5.68. The number of fused-ring (bicyclic) bond motifs is 1. The second kappa shape index (κ2) is 6.36. The molecule has 3 heteroatoms. The van der Waals surface area contributed by atoms with E-state index in [0.717, 1.165) is 24.8 Å². The molecule has 1 aliphatic rings. The number of rotatable bonds is 0. The minimum Gasteiger partial charge on any atom is -0.463 e. The molecule has 0 bridgehead atoms. The van der Waals surface area contributed by atoms with Crippen LogP contribution in [0.2, 0.25) is 0 Å². The van der Waals surface area contributed by atoms with E-state index in [1.807, 2.05) is 18.2 Å². The minimum atomic E-state index is -0.551. The molecule has 1 aromatic rings. The average Bonchev–Trinajstić information content (AvgIpc) is 2.37. The van der Waals surface area contributed by atoms with Gasteiger partial charge in [-0.25, -0.2) is 4.79 Å². The standard InChI is InChI=1S/C15H18O3/c16-14-9-5-10-15(17)18-11-4-3-7-12-6-1-2-8-13(12)14/h1-2,5-6,8,10,14,16H,3-4,7,9,11H2/b10-5+/t14-/m0/s1. The topological polar surface area (TPSA) is 46.5 Å². The van der Waals surface area contributed by atoms with E-state index in [1.54, 1.807) is 6.08 Å². The van der Waals surface area contributed by atoms with Crippen molar-refractivity contribution in [3.8, 4) is 0 Å². The highest BCUT2D eigenvalue weighted by Gasteiger charge is 2.11. The van der Waals surface area contributed by atoms with Crippen LogP contribution < -0.4 is 0 Å². The number of esters is 1. The molecule has 1 aromatic carbocycles. The lowest BCUT2D eigenvalue weighted by atomic mass is 9.96. The number of carbonyl (C=O) groups excluding carboxylic acids is 1. The molecule has 3 nitrogen and oxygen atoms in total. The van der Waals surface area contributed by atoms with Gasteiger partial charge in [0.25, 0.3) is 0 Å². The molecular formula is C15H18O3. The van der Waals surface area contributed by atoms with Crippen molar-refractivity contribution in [3.63, 3.8) is 0 Å².